The summed E-state index contributed by atoms with van der Waals surface area (Å²) in [4.78, 5) is 72.8. The normalized spacial score (nSPS) is 13.9. The Hall–Kier alpha value is -1.94. The smallest absolute Gasteiger partial charge is 0.462 e. The van der Waals surface area contributed by atoms with Crippen molar-refractivity contribution < 1.29 is 80.2 Å². The summed E-state index contributed by atoms with van der Waals surface area (Å²) in [6.45, 7) is 7.29. The molecule has 95 heavy (non-hydrogen) atoms. The molecule has 19 heteroatoms. The Balaban J connectivity index is 5.24. The number of carbonyl (C=O) groups excluding carboxylic acids is 4. The number of aliphatic hydroxyl groups excluding tert-OH is 1. The van der Waals surface area contributed by atoms with E-state index < -0.39 is 97.5 Å². The van der Waals surface area contributed by atoms with Crippen LogP contribution in [0.2, 0.25) is 0 Å². The van der Waals surface area contributed by atoms with Crippen LogP contribution in [0.5, 0.6) is 0 Å². The zero-order chi connectivity index (χ0) is 69.8. The van der Waals surface area contributed by atoms with Crippen LogP contribution in [0.25, 0.3) is 0 Å². The lowest BCUT2D eigenvalue weighted by Gasteiger charge is -2.21. The zero-order valence-corrected chi connectivity index (χ0v) is 63.6. The number of aliphatic hydroxyl groups is 1. The molecule has 0 heterocycles. The number of hydrogen-bond acceptors (Lipinski definition) is 15. The lowest BCUT2D eigenvalue weighted by Crippen LogP contribution is -2.30. The van der Waals surface area contributed by atoms with Crippen molar-refractivity contribution in [1.82, 2.24) is 0 Å². The monoisotopic (exact) mass is 1400 g/mol. The fraction of sp³-hybridized carbons (Fsp3) is 0.947. The van der Waals surface area contributed by atoms with Gasteiger partial charge in [0.1, 0.15) is 19.3 Å². The van der Waals surface area contributed by atoms with Crippen LogP contribution in [0.1, 0.15) is 401 Å². The SMILES string of the molecule is CCCCCCCCCCCCCCCCCCCCC(=O)O[C@H](COC(=O)CCCCCCCCCCCCC(C)C)COP(=O)(O)OC[C@@H](O)COP(=O)(O)OC[C@@H](COC(=O)CCCCCCCCCCCCC)OC(=O)CCCCCCCCCCCCCCC. The minimum absolute atomic E-state index is 0.108. The van der Waals surface area contributed by atoms with Crippen LogP contribution in [-0.4, -0.2) is 96.7 Å². The average Bonchev–Trinajstić information content (AvgIpc) is 2.51. The topological polar surface area (TPSA) is 237 Å². The summed E-state index contributed by atoms with van der Waals surface area (Å²) in [6.07, 6.45) is 58.1. The highest BCUT2D eigenvalue weighted by molar-refractivity contribution is 7.47. The molecule has 0 aromatic heterocycles. The summed E-state index contributed by atoms with van der Waals surface area (Å²) < 4.78 is 68.5. The number of unbranched alkanes of at least 4 members (excludes halogenated alkanes) is 48. The summed E-state index contributed by atoms with van der Waals surface area (Å²) in [7, 11) is -9.91. The number of phosphoric acid groups is 2. The second-order valence-electron chi connectivity index (χ2n) is 27.9. The van der Waals surface area contributed by atoms with Gasteiger partial charge in [-0.2, -0.15) is 0 Å². The van der Waals surface area contributed by atoms with Crippen LogP contribution in [0.4, 0.5) is 0 Å². The van der Waals surface area contributed by atoms with Crippen LogP contribution < -0.4 is 0 Å². The number of esters is 4. The molecular formula is C76H148O17P2. The molecule has 0 rings (SSSR count). The maximum Gasteiger partial charge on any atom is 0.472 e. The van der Waals surface area contributed by atoms with Crippen molar-refractivity contribution in [3.8, 4) is 0 Å². The molecule has 3 N–H and O–H groups in total. The van der Waals surface area contributed by atoms with E-state index in [4.69, 9.17) is 37.0 Å². The van der Waals surface area contributed by atoms with Crippen LogP contribution >= 0.6 is 15.6 Å². The van der Waals surface area contributed by atoms with Gasteiger partial charge in [0, 0.05) is 25.7 Å². The van der Waals surface area contributed by atoms with Crippen molar-refractivity contribution in [2.75, 3.05) is 39.6 Å². The van der Waals surface area contributed by atoms with Gasteiger partial charge < -0.3 is 33.8 Å². The molecule has 0 bridgehead atoms. The predicted octanol–water partition coefficient (Wildman–Crippen LogP) is 22.5. The molecule has 0 amide bonds. The van der Waals surface area contributed by atoms with Crippen LogP contribution in [0.3, 0.4) is 0 Å². The number of rotatable bonds is 76. The summed E-state index contributed by atoms with van der Waals surface area (Å²) >= 11 is 0. The summed E-state index contributed by atoms with van der Waals surface area (Å²) in [6, 6.07) is 0. The van der Waals surface area contributed by atoms with E-state index in [0.717, 1.165) is 95.8 Å². The molecule has 2 unspecified atom stereocenters. The molecule has 0 aliphatic carbocycles. The maximum absolute atomic E-state index is 13.1. The van der Waals surface area contributed by atoms with Gasteiger partial charge in [-0.1, -0.05) is 349 Å². The van der Waals surface area contributed by atoms with Crippen molar-refractivity contribution in [3.05, 3.63) is 0 Å². The summed E-state index contributed by atoms with van der Waals surface area (Å²) in [5.41, 5.74) is 0. The first-order valence-electron chi connectivity index (χ1n) is 39.6. The molecule has 17 nitrogen and oxygen atoms in total. The Morgan fingerprint density at radius 3 is 0.716 bits per heavy atom. The Labute approximate surface area is 581 Å². The molecule has 0 saturated heterocycles. The molecule has 0 aliphatic rings. The van der Waals surface area contributed by atoms with Crippen molar-refractivity contribution >= 4 is 39.5 Å². The van der Waals surface area contributed by atoms with E-state index in [9.17, 15) is 43.2 Å². The Kier molecular flexibility index (Phi) is 67.7. The van der Waals surface area contributed by atoms with Crippen molar-refractivity contribution in [2.24, 2.45) is 5.92 Å². The summed E-state index contributed by atoms with van der Waals surface area (Å²) in [5, 5.41) is 10.6. The van der Waals surface area contributed by atoms with Crippen LogP contribution in [0, 0.1) is 5.92 Å². The van der Waals surface area contributed by atoms with E-state index in [1.54, 1.807) is 0 Å². The van der Waals surface area contributed by atoms with E-state index >= 15 is 0 Å². The van der Waals surface area contributed by atoms with Gasteiger partial charge in [0.15, 0.2) is 12.2 Å². The molecule has 0 saturated carbocycles. The van der Waals surface area contributed by atoms with Crippen molar-refractivity contribution in [3.63, 3.8) is 0 Å². The van der Waals surface area contributed by atoms with E-state index in [2.05, 4.69) is 34.6 Å². The standard InChI is InChI=1S/C76H148O17P2/c1-6-9-12-15-18-21-24-26-27-28-29-30-32-35-42-47-52-57-62-76(81)93-72(66-87-74(79)60-55-50-45-40-37-36-38-43-48-53-58-69(4)5)68-91-95(84,85)89-64-70(77)63-88-94(82,83)90-67-71(65-86-73(78)59-54-49-44-39-33-23-20-17-14-11-8-3)92-75(80)61-56-51-46-41-34-31-25-22-19-16-13-10-7-2/h69-72,77H,6-68H2,1-5H3,(H,82,83)(H,84,85)/t70-,71+,72+/m0/s1. The lowest BCUT2D eigenvalue weighted by atomic mass is 10.0. The van der Waals surface area contributed by atoms with E-state index in [1.807, 2.05) is 0 Å². The van der Waals surface area contributed by atoms with Gasteiger partial charge in [0.2, 0.25) is 0 Å². The van der Waals surface area contributed by atoms with Gasteiger partial charge in [-0.25, -0.2) is 9.13 Å². The third-order valence-corrected chi connectivity index (χ3v) is 19.7. The molecule has 0 fully saturated rings. The third kappa shape index (κ3) is 70.3. The van der Waals surface area contributed by atoms with Gasteiger partial charge in [0.25, 0.3) is 0 Å². The van der Waals surface area contributed by atoms with Crippen molar-refractivity contribution in [2.45, 2.75) is 419 Å². The Morgan fingerprint density at radius 2 is 0.484 bits per heavy atom. The van der Waals surface area contributed by atoms with Gasteiger partial charge in [-0.15, -0.1) is 0 Å². The minimum atomic E-state index is -4.96. The molecule has 0 aromatic rings. The first-order valence-corrected chi connectivity index (χ1v) is 42.6. The first-order chi connectivity index (χ1) is 46.0. The van der Waals surface area contributed by atoms with Gasteiger partial charge in [-0.3, -0.25) is 37.3 Å². The molecule has 564 valence electrons. The molecule has 5 atom stereocenters. The zero-order valence-electron chi connectivity index (χ0n) is 61.8. The van der Waals surface area contributed by atoms with E-state index in [0.29, 0.717) is 25.7 Å². The third-order valence-electron chi connectivity index (χ3n) is 17.8. The number of hydrogen-bond donors (Lipinski definition) is 3. The highest BCUT2D eigenvalue weighted by Crippen LogP contribution is 2.45. The Morgan fingerprint density at radius 1 is 0.284 bits per heavy atom. The summed E-state index contributed by atoms with van der Waals surface area (Å²) in [5.74, 6) is -1.35. The molecular weight excluding hydrogens is 1250 g/mol. The minimum Gasteiger partial charge on any atom is -0.462 e. The molecule has 0 aromatic carbocycles. The van der Waals surface area contributed by atoms with Crippen LogP contribution in [0.15, 0.2) is 0 Å². The van der Waals surface area contributed by atoms with Crippen molar-refractivity contribution in [1.29, 1.82) is 0 Å². The largest absolute Gasteiger partial charge is 0.472 e. The molecule has 0 aliphatic heterocycles. The number of ether oxygens (including phenoxy) is 4. The highest BCUT2D eigenvalue weighted by atomic mass is 31.2. The molecule has 0 spiro atoms. The highest BCUT2D eigenvalue weighted by Gasteiger charge is 2.30. The lowest BCUT2D eigenvalue weighted by molar-refractivity contribution is -0.161. The number of phosphoric ester groups is 2. The quantitative estimate of drug-likeness (QED) is 0.0222. The van der Waals surface area contributed by atoms with E-state index in [-0.39, 0.29) is 25.7 Å². The predicted molar refractivity (Wildman–Crippen MR) is 386 cm³/mol. The number of carbonyl (C=O) groups is 4. The van der Waals surface area contributed by atoms with Gasteiger partial charge >= 0.3 is 39.5 Å². The average molecular weight is 1400 g/mol. The fourth-order valence-electron chi connectivity index (χ4n) is 11.7. The molecule has 0 radical (unpaired) electrons. The Bertz CT molecular complexity index is 1820. The fourth-order valence-corrected chi connectivity index (χ4v) is 13.3. The second-order valence-corrected chi connectivity index (χ2v) is 30.8. The van der Waals surface area contributed by atoms with E-state index in [1.165, 1.54) is 225 Å². The first kappa shape index (κ1) is 93.1. The van der Waals surface area contributed by atoms with Gasteiger partial charge in [0.05, 0.1) is 26.4 Å². The maximum atomic E-state index is 13.1. The van der Waals surface area contributed by atoms with Crippen LogP contribution in [-0.2, 0) is 65.4 Å². The van der Waals surface area contributed by atoms with Gasteiger partial charge in [-0.05, 0) is 31.6 Å². The second kappa shape index (κ2) is 69.2.